The first kappa shape index (κ1) is 34.9. The zero-order valence-corrected chi connectivity index (χ0v) is 24.9. The highest BCUT2D eigenvalue weighted by molar-refractivity contribution is 5.98. The normalized spacial score (nSPS) is 23.8. The van der Waals surface area contributed by atoms with Gasteiger partial charge in [-0.05, 0) is 30.5 Å². The number of rotatable bonds is 13. The van der Waals surface area contributed by atoms with E-state index in [4.69, 9.17) is 14.2 Å². The van der Waals surface area contributed by atoms with Crippen molar-refractivity contribution in [2.24, 2.45) is 11.8 Å². The molecule has 14 nitrogen and oxygen atoms in total. The van der Waals surface area contributed by atoms with Crippen molar-refractivity contribution in [3.63, 3.8) is 0 Å². The Balaban J connectivity index is 2.31. The molecule has 0 bridgehead atoms. The van der Waals surface area contributed by atoms with Gasteiger partial charge in [0.15, 0.2) is 6.10 Å². The fraction of sp³-hybridized carbons (Fsp3) is 0.643. The Morgan fingerprint density at radius 2 is 1.57 bits per heavy atom. The highest BCUT2D eigenvalue weighted by Gasteiger charge is 2.48. The van der Waals surface area contributed by atoms with Gasteiger partial charge in [0, 0.05) is 6.04 Å². The van der Waals surface area contributed by atoms with Crippen LogP contribution in [0.25, 0.3) is 0 Å². The Bertz CT molecular complexity index is 1110. The molecule has 1 heterocycles. The van der Waals surface area contributed by atoms with Crippen molar-refractivity contribution >= 4 is 29.4 Å². The number of aliphatic hydroxyl groups excluding tert-OH is 3. The van der Waals surface area contributed by atoms with Gasteiger partial charge in [-0.25, -0.2) is 4.79 Å². The maximum absolute atomic E-state index is 13.1. The average Bonchev–Trinajstić information content (AvgIpc) is 2.90. The zero-order valence-electron chi connectivity index (χ0n) is 24.9. The summed E-state index contributed by atoms with van der Waals surface area (Å²) in [7, 11) is 0. The van der Waals surface area contributed by atoms with E-state index >= 15 is 0 Å². The number of carboxylic acid groups (broad SMARTS) is 1. The first-order chi connectivity index (χ1) is 19.5. The lowest BCUT2D eigenvalue weighted by atomic mass is 9.99. The summed E-state index contributed by atoms with van der Waals surface area (Å²) in [6, 6.07) is 2.84. The van der Waals surface area contributed by atoms with E-state index in [1.54, 1.807) is 13.8 Å². The molecule has 0 radical (unpaired) electrons. The van der Waals surface area contributed by atoms with Crippen LogP contribution in [0.15, 0.2) is 18.2 Å². The molecule has 1 aliphatic rings. The fourth-order valence-electron chi connectivity index (χ4n) is 3.99. The van der Waals surface area contributed by atoms with Gasteiger partial charge in [0.25, 0.3) is 0 Å². The Morgan fingerprint density at radius 1 is 0.929 bits per heavy atom. The summed E-state index contributed by atoms with van der Waals surface area (Å²) in [4.78, 5) is 49.4. The van der Waals surface area contributed by atoms with Crippen molar-refractivity contribution in [3.8, 4) is 5.75 Å². The largest absolute Gasteiger partial charge is 0.479 e. The minimum atomic E-state index is -1.93. The summed E-state index contributed by atoms with van der Waals surface area (Å²) in [6.45, 7) is 12.2. The third-order valence-corrected chi connectivity index (χ3v) is 6.43. The molecule has 0 aromatic heterocycles. The van der Waals surface area contributed by atoms with E-state index in [0.717, 1.165) is 0 Å². The molecule has 0 unspecified atom stereocenters. The lowest BCUT2D eigenvalue weighted by Crippen LogP contribution is -2.61. The topological polar surface area (TPSA) is 213 Å². The number of esters is 1. The Morgan fingerprint density at radius 3 is 2.12 bits per heavy atom. The molecule has 1 saturated heterocycles. The Hall–Kier alpha value is -3.30. The van der Waals surface area contributed by atoms with Gasteiger partial charge in [0.05, 0.1) is 17.6 Å². The fourth-order valence-corrected chi connectivity index (χ4v) is 3.99. The summed E-state index contributed by atoms with van der Waals surface area (Å²) in [5, 5.41) is 48.4. The molecule has 42 heavy (non-hydrogen) atoms. The van der Waals surface area contributed by atoms with E-state index in [2.05, 4.69) is 16.0 Å². The standard InChI is InChI=1S/C28H43N3O11/c1-12(2)19(29-14(5)6)25(36)30-15(7)24(35)31-17-9-8-16(11-40-27(39)13(3)4)10-18(17)41-28-22(34)20(32)21(33)23(42-28)26(37)38/h8-10,12-15,19-23,28-29,32-34H,11H2,1-7H3,(H,30,36)(H,31,35)(H,37,38)/t15-,19-,20-,21-,22+,23-,28+/m0/s1. The van der Waals surface area contributed by atoms with Crippen LogP contribution in [0.1, 0.15) is 54.0 Å². The van der Waals surface area contributed by atoms with Crippen LogP contribution in [0.3, 0.4) is 0 Å². The maximum atomic E-state index is 13.1. The average molecular weight is 598 g/mol. The molecule has 0 aliphatic carbocycles. The second kappa shape index (κ2) is 15.3. The number of hydrogen-bond donors (Lipinski definition) is 7. The zero-order chi connectivity index (χ0) is 31.9. The highest BCUT2D eigenvalue weighted by Crippen LogP contribution is 2.31. The van der Waals surface area contributed by atoms with E-state index in [-0.39, 0.29) is 41.8 Å². The molecule has 1 aromatic rings. The number of carbonyl (C=O) groups excluding carboxylic acids is 3. The van der Waals surface area contributed by atoms with Crippen LogP contribution in [0.5, 0.6) is 5.75 Å². The molecule has 1 aromatic carbocycles. The molecular formula is C28H43N3O11. The quantitative estimate of drug-likeness (QED) is 0.151. The van der Waals surface area contributed by atoms with Crippen molar-refractivity contribution in [2.45, 2.75) is 104 Å². The molecule has 236 valence electrons. The molecule has 2 rings (SSSR count). The van der Waals surface area contributed by atoms with E-state index in [1.807, 2.05) is 27.7 Å². The molecule has 14 heteroatoms. The van der Waals surface area contributed by atoms with Gasteiger partial charge in [-0.2, -0.15) is 0 Å². The van der Waals surface area contributed by atoms with Crippen LogP contribution >= 0.6 is 0 Å². The van der Waals surface area contributed by atoms with Crippen LogP contribution in [0.4, 0.5) is 5.69 Å². The number of hydrogen-bond acceptors (Lipinski definition) is 11. The predicted octanol–water partition coefficient (Wildman–Crippen LogP) is 0.123. The van der Waals surface area contributed by atoms with E-state index in [9.17, 15) is 39.6 Å². The van der Waals surface area contributed by atoms with Gasteiger partial charge < -0.3 is 50.6 Å². The maximum Gasteiger partial charge on any atom is 0.335 e. The number of aliphatic hydroxyl groups is 3. The van der Waals surface area contributed by atoms with Crippen molar-refractivity contribution < 1.29 is 53.8 Å². The summed E-state index contributed by atoms with van der Waals surface area (Å²) < 4.78 is 16.2. The minimum Gasteiger partial charge on any atom is -0.479 e. The van der Waals surface area contributed by atoms with E-state index in [0.29, 0.717) is 5.56 Å². The predicted molar refractivity (Wildman–Crippen MR) is 149 cm³/mol. The molecule has 1 fully saturated rings. The van der Waals surface area contributed by atoms with Gasteiger partial charge in [0.1, 0.15) is 36.7 Å². The van der Waals surface area contributed by atoms with Crippen LogP contribution in [-0.4, -0.2) is 93.0 Å². The summed E-state index contributed by atoms with van der Waals surface area (Å²) in [5.74, 6) is -3.61. The van der Waals surface area contributed by atoms with Crippen LogP contribution in [-0.2, 0) is 35.3 Å². The Kier molecular flexibility index (Phi) is 12.7. The molecule has 0 saturated carbocycles. The number of nitrogens with one attached hydrogen (secondary N) is 3. The minimum absolute atomic E-state index is 0.0306. The molecule has 1 aliphatic heterocycles. The second-order valence-electron chi connectivity index (χ2n) is 11.2. The molecule has 7 atom stereocenters. The Labute approximate surface area is 244 Å². The number of aliphatic carboxylic acids is 1. The first-order valence-electron chi connectivity index (χ1n) is 13.8. The number of carboxylic acids is 1. The lowest BCUT2D eigenvalue weighted by molar-refractivity contribution is -0.271. The van der Waals surface area contributed by atoms with Gasteiger partial charge >= 0.3 is 11.9 Å². The van der Waals surface area contributed by atoms with Crippen LogP contribution in [0.2, 0.25) is 0 Å². The smallest absolute Gasteiger partial charge is 0.335 e. The van der Waals surface area contributed by atoms with Gasteiger partial charge in [-0.1, -0.05) is 47.6 Å². The van der Waals surface area contributed by atoms with Crippen molar-refractivity contribution in [2.75, 3.05) is 5.32 Å². The summed E-state index contributed by atoms with van der Waals surface area (Å²) >= 11 is 0. The summed E-state index contributed by atoms with van der Waals surface area (Å²) in [6.07, 6.45) is -9.38. The number of amides is 2. The van der Waals surface area contributed by atoms with E-state index < -0.39 is 60.6 Å². The number of ether oxygens (including phenoxy) is 3. The SMILES string of the molecule is CC(C)N[C@H](C(=O)N[C@@H](C)C(=O)Nc1ccc(COC(=O)C(C)C)cc1O[C@@H]1O[C@H](C(=O)O)[C@@H](O)[C@H](O)[C@H]1O)C(C)C. The molecular weight excluding hydrogens is 554 g/mol. The van der Waals surface area contributed by atoms with Crippen molar-refractivity contribution in [1.29, 1.82) is 0 Å². The third kappa shape index (κ3) is 9.36. The highest BCUT2D eigenvalue weighted by atomic mass is 16.7. The molecule has 7 N–H and O–H groups in total. The number of anilines is 1. The van der Waals surface area contributed by atoms with Crippen LogP contribution < -0.4 is 20.7 Å². The van der Waals surface area contributed by atoms with Crippen molar-refractivity contribution in [1.82, 2.24) is 10.6 Å². The van der Waals surface area contributed by atoms with Crippen molar-refractivity contribution in [3.05, 3.63) is 23.8 Å². The third-order valence-electron chi connectivity index (χ3n) is 6.43. The van der Waals surface area contributed by atoms with E-state index in [1.165, 1.54) is 25.1 Å². The molecule has 0 spiro atoms. The molecule has 2 amide bonds. The number of benzene rings is 1. The first-order valence-corrected chi connectivity index (χ1v) is 13.8. The summed E-state index contributed by atoms with van der Waals surface area (Å²) in [5.41, 5.74) is 0.461. The van der Waals surface area contributed by atoms with Gasteiger partial charge in [-0.3, -0.25) is 14.4 Å². The van der Waals surface area contributed by atoms with Gasteiger partial charge in [0.2, 0.25) is 18.1 Å². The second-order valence-corrected chi connectivity index (χ2v) is 11.2. The van der Waals surface area contributed by atoms with Crippen LogP contribution in [0, 0.1) is 11.8 Å². The van der Waals surface area contributed by atoms with Gasteiger partial charge in [-0.15, -0.1) is 0 Å². The lowest BCUT2D eigenvalue weighted by Gasteiger charge is -2.38. The monoisotopic (exact) mass is 597 g/mol. The number of carbonyl (C=O) groups is 4.